The van der Waals surface area contributed by atoms with Gasteiger partial charge in [-0.2, -0.15) is 0 Å². The fourth-order valence-corrected chi connectivity index (χ4v) is 5.43. The molecule has 0 bridgehead atoms. The van der Waals surface area contributed by atoms with Crippen LogP contribution >= 0.6 is 0 Å². The van der Waals surface area contributed by atoms with Crippen molar-refractivity contribution < 1.29 is 23.9 Å². The van der Waals surface area contributed by atoms with E-state index in [1.54, 1.807) is 56.3 Å². The third-order valence-electron chi connectivity index (χ3n) is 8.17. The summed E-state index contributed by atoms with van der Waals surface area (Å²) in [5, 5.41) is 12.4. The minimum Gasteiger partial charge on any atom is -0.496 e. The van der Waals surface area contributed by atoms with Gasteiger partial charge in [0.1, 0.15) is 23.9 Å². The Bertz CT molecular complexity index is 1570. The normalized spacial score (nSPS) is 16.2. The molecule has 12 nitrogen and oxygen atoms in total. The maximum absolute atomic E-state index is 13.9. The van der Waals surface area contributed by atoms with E-state index in [0.717, 1.165) is 5.69 Å². The van der Waals surface area contributed by atoms with Crippen LogP contribution in [0.1, 0.15) is 56.5 Å². The number of nitrogens with zero attached hydrogens (tertiary/aromatic N) is 3. The number of hydrogen-bond acceptors (Lipinski definition) is 9. The summed E-state index contributed by atoms with van der Waals surface area (Å²) in [6, 6.07) is 8.72. The number of Topliss-reactive ketones (excluding diaryl/α,β-unsaturated/α-hetero) is 1. The number of anilines is 2. The van der Waals surface area contributed by atoms with E-state index in [-0.39, 0.29) is 29.9 Å². The Morgan fingerprint density at radius 3 is 2.40 bits per heavy atom. The van der Waals surface area contributed by atoms with Crippen molar-refractivity contribution in [1.82, 2.24) is 30.8 Å². The maximum Gasteiger partial charge on any atom is 0.251 e. The van der Waals surface area contributed by atoms with Gasteiger partial charge in [-0.05, 0) is 62.6 Å². The molecule has 1 aliphatic heterocycles. The van der Waals surface area contributed by atoms with Crippen LogP contribution in [-0.4, -0.2) is 84.2 Å². The molecule has 4 rings (SSSR count). The quantitative estimate of drug-likeness (QED) is 0.254. The van der Waals surface area contributed by atoms with Crippen LogP contribution in [0.15, 0.2) is 42.7 Å². The van der Waals surface area contributed by atoms with Crippen LogP contribution in [0, 0.1) is 5.41 Å². The minimum atomic E-state index is -0.791. The first-order valence-electron chi connectivity index (χ1n) is 15.1. The summed E-state index contributed by atoms with van der Waals surface area (Å²) in [5.41, 5.74) is 1.96. The minimum absolute atomic E-state index is 0.0338. The van der Waals surface area contributed by atoms with Crippen LogP contribution in [0.5, 0.6) is 5.75 Å². The molecular weight excluding hydrogens is 574 g/mol. The van der Waals surface area contributed by atoms with E-state index >= 15 is 0 Å². The number of aromatic nitrogens is 2. The second kappa shape index (κ2) is 14.0. The van der Waals surface area contributed by atoms with Crippen molar-refractivity contribution >= 4 is 45.9 Å². The molecule has 3 aromatic rings. The van der Waals surface area contributed by atoms with Crippen molar-refractivity contribution in [1.29, 1.82) is 0 Å². The molecule has 0 unspecified atom stereocenters. The lowest BCUT2D eigenvalue weighted by Crippen LogP contribution is -2.58. The Morgan fingerprint density at radius 2 is 1.78 bits per heavy atom. The number of nitrogens with one attached hydrogen (secondary N) is 4. The highest BCUT2D eigenvalue weighted by atomic mass is 16.5. The molecule has 1 aliphatic rings. The first-order chi connectivity index (χ1) is 21.4. The molecule has 1 fully saturated rings. The molecule has 0 spiro atoms. The Hall–Kier alpha value is -4.58. The van der Waals surface area contributed by atoms with E-state index in [2.05, 4.69) is 31.2 Å². The summed E-state index contributed by atoms with van der Waals surface area (Å²) in [5.74, 6) is 0.205. The third-order valence-corrected chi connectivity index (χ3v) is 8.17. The Labute approximate surface area is 263 Å². The van der Waals surface area contributed by atoms with E-state index in [9.17, 15) is 19.2 Å². The molecule has 2 aromatic carbocycles. The van der Waals surface area contributed by atoms with E-state index in [4.69, 9.17) is 4.74 Å². The fraction of sp³-hybridized carbons (Fsp3) is 0.455. The number of likely N-dealkylation sites (tertiary alicyclic amines) is 1. The predicted octanol–water partition coefficient (Wildman–Crippen LogP) is 2.98. The van der Waals surface area contributed by atoms with Gasteiger partial charge in [0.2, 0.25) is 11.8 Å². The lowest BCUT2D eigenvalue weighted by molar-refractivity contribution is -0.143. The number of fused-ring (bicyclic) bond motifs is 1. The number of ketones is 1. The molecule has 3 amide bonds. The average Bonchev–Trinajstić information content (AvgIpc) is 3.52. The van der Waals surface area contributed by atoms with Crippen molar-refractivity contribution in [2.45, 2.75) is 65.1 Å². The van der Waals surface area contributed by atoms with Crippen molar-refractivity contribution in [3.63, 3.8) is 0 Å². The van der Waals surface area contributed by atoms with Gasteiger partial charge >= 0.3 is 0 Å². The van der Waals surface area contributed by atoms with Crippen LogP contribution in [0.3, 0.4) is 0 Å². The molecule has 2 heterocycles. The molecule has 4 N–H and O–H groups in total. The van der Waals surface area contributed by atoms with E-state index in [0.29, 0.717) is 53.0 Å². The number of carbonyl (C=O) groups excluding carboxylic acids is 4. The van der Waals surface area contributed by atoms with Crippen molar-refractivity contribution in [3.05, 3.63) is 53.9 Å². The number of rotatable bonds is 11. The lowest BCUT2D eigenvalue weighted by Gasteiger charge is -2.36. The van der Waals surface area contributed by atoms with Gasteiger partial charge < -0.3 is 30.9 Å². The summed E-state index contributed by atoms with van der Waals surface area (Å²) >= 11 is 0. The molecule has 12 heteroatoms. The van der Waals surface area contributed by atoms with Gasteiger partial charge in [0, 0.05) is 48.3 Å². The topological polar surface area (TPSA) is 155 Å². The number of amides is 3. The molecule has 240 valence electrons. The van der Waals surface area contributed by atoms with E-state index < -0.39 is 23.5 Å². The highest BCUT2D eigenvalue weighted by Crippen LogP contribution is 2.32. The first kappa shape index (κ1) is 33.3. The Morgan fingerprint density at radius 1 is 1.07 bits per heavy atom. The van der Waals surface area contributed by atoms with Gasteiger partial charge in [-0.25, -0.2) is 9.97 Å². The standard InChI is InChI=1S/C33H43N7O5/c1-19(34-5)30(42)39-28(33(2,3)4)32(44)40-14-8-9-25(40)26(41)16-21-15-23-24(17-27(21)45-7)36-18-37-29(23)38-22-12-10-20(11-13-22)31(43)35-6/h10-13,15,17-19,25,28,34H,8-9,14,16H2,1-7H3,(H,35,43)(H,39,42)(H,36,37,38)/t19-,25-,28+/m0/s1. The molecular formula is C33H43N7O5. The zero-order valence-corrected chi connectivity index (χ0v) is 27.0. The second-order valence-corrected chi connectivity index (χ2v) is 12.3. The molecule has 0 saturated carbocycles. The zero-order valence-electron chi connectivity index (χ0n) is 27.0. The van der Waals surface area contributed by atoms with Crippen molar-refractivity contribution in [3.8, 4) is 5.75 Å². The Kier molecular flexibility index (Phi) is 10.4. The summed E-state index contributed by atoms with van der Waals surface area (Å²) in [4.78, 5) is 62.8. The third kappa shape index (κ3) is 7.56. The SMILES string of the molecule is CNC(=O)c1ccc(Nc2ncnc3cc(OC)c(CC(=O)[C@@H]4CCCN4C(=O)[C@@H](NC(=O)[C@H](C)NC)C(C)(C)C)cc23)cc1. The number of benzene rings is 2. The van der Waals surface area contributed by atoms with Crippen LogP contribution < -0.4 is 26.0 Å². The van der Waals surface area contributed by atoms with Crippen molar-refractivity contribution in [2.24, 2.45) is 5.41 Å². The molecule has 1 saturated heterocycles. The van der Waals surface area contributed by atoms with Crippen LogP contribution in [0.25, 0.3) is 10.9 Å². The average molecular weight is 618 g/mol. The summed E-state index contributed by atoms with van der Waals surface area (Å²) in [6.07, 6.45) is 2.71. The first-order valence-corrected chi connectivity index (χ1v) is 15.1. The second-order valence-electron chi connectivity index (χ2n) is 12.3. The number of methoxy groups -OCH3 is 1. The van der Waals surface area contributed by atoms with Crippen LogP contribution in [0.2, 0.25) is 0 Å². The van der Waals surface area contributed by atoms with Gasteiger partial charge in [0.15, 0.2) is 5.78 Å². The smallest absolute Gasteiger partial charge is 0.251 e. The van der Waals surface area contributed by atoms with Crippen LogP contribution in [0.4, 0.5) is 11.5 Å². The highest BCUT2D eigenvalue weighted by Gasteiger charge is 2.42. The molecule has 0 radical (unpaired) electrons. The molecule has 45 heavy (non-hydrogen) atoms. The predicted molar refractivity (Wildman–Crippen MR) is 173 cm³/mol. The zero-order chi connectivity index (χ0) is 32.9. The lowest BCUT2D eigenvalue weighted by atomic mass is 9.85. The van der Waals surface area contributed by atoms with Crippen LogP contribution in [-0.2, 0) is 20.8 Å². The van der Waals surface area contributed by atoms with Gasteiger partial charge in [-0.1, -0.05) is 20.8 Å². The largest absolute Gasteiger partial charge is 0.496 e. The number of likely N-dealkylation sites (N-methyl/N-ethyl adjacent to an activating group) is 1. The van der Waals surface area contributed by atoms with Crippen molar-refractivity contribution in [2.75, 3.05) is 33.1 Å². The van der Waals surface area contributed by atoms with Gasteiger partial charge in [0.25, 0.3) is 5.91 Å². The van der Waals surface area contributed by atoms with E-state index in [1.807, 2.05) is 26.8 Å². The van der Waals surface area contributed by atoms with Gasteiger partial charge in [0.05, 0.1) is 24.7 Å². The van der Waals surface area contributed by atoms with Gasteiger partial charge in [-0.15, -0.1) is 0 Å². The number of carbonyl (C=O) groups is 4. The monoisotopic (exact) mass is 617 g/mol. The summed E-state index contributed by atoms with van der Waals surface area (Å²) in [6.45, 7) is 7.87. The fourth-order valence-electron chi connectivity index (χ4n) is 5.43. The molecule has 1 aromatic heterocycles. The summed E-state index contributed by atoms with van der Waals surface area (Å²) in [7, 11) is 4.80. The highest BCUT2D eigenvalue weighted by molar-refractivity contribution is 5.97. The molecule has 0 aliphatic carbocycles. The number of hydrogen-bond donors (Lipinski definition) is 4. The summed E-state index contributed by atoms with van der Waals surface area (Å²) < 4.78 is 5.65. The maximum atomic E-state index is 13.9. The molecule has 3 atom stereocenters. The van der Waals surface area contributed by atoms with Gasteiger partial charge in [-0.3, -0.25) is 19.2 Å². The Balaban J connectivity index is 1.59. The number of ether oxygens (including phenoxy) is 1. The van der Waals surface area contributed by atoms with E-state index in [1.165, 1.54) is 13.4 Å².